The molecule has 1 fully saturated rings. The molecule has 0 spiro atoms. The predicted molar refractivity (Wildman–Crippen MR) is 68.1 cm³/mol. The van der Waals surface area contributed by atoms with Gasteiger partial charge < -0.3 is 10.6 Å². The molecule has 4 nitrogen and oxygen atoms in total. The van der Waals surface area contributed by atoms with E-state index in [-0.39, 0.29) is 5.91 Å². The molecule has 0 aliphatic heterocycles. The smallest absolute Gasteiger partial charge is 0.255 e. The molecule has 1 aromatic heterocycles. The van der Waals surface area contributed by atoms with Gasteiger partial charge in [-0.3, -0.25) is 9.78 Å². The normalized spacial score (nSPS) is 23.4. The van der Waals surface area contributed by atoms with Crippen LogP contribution in [0.5, 0.6) is 0 Å². The summed E-state index contributed by atoms with van der Waals surface area (Å²) in [6, 6.07) is 2.13. The monoisotopic (exact) mass is 233 g/mol. The number of nitrogens with one attached hydrogen (secondary N) is 2. The van der Waals surface area contributed by atoms with Crippen LogP contribution in [0.1, 0.15) is 36.5 Å². The summed E-state index contributed by atoms with van der Waals surface area (Å²) in [6.07, 6.45) is 6.67. The number of nitrogens with zero attached hydrogens (tertiary/aromatic N) is 1. The first-order valence-electron chi connectivity index (χ1n) is 6.13. The zero-order chi connectivity index (χ0) is 12.3. The Balaban J connectivity index is 2.04. The first-order valence-corrected chi connectivity index (χ1v) is 6.13. The molecule has 1 heterocycles. The van der Waals surface area contributed by atoms with Crippen molar-refractivity contribution in [1.82, 2.24) is 10.3 Å². The topological polar surface area (TPSA) is 54.0 Å². The van der Waals surface area contributed by atoms with Crippen LogP contribution in [0.15, 0.2) is 18.5 Å². The van der Waals surface area contributed by atoms with E-state index >= 15 is 0 Å². The maximum atomic E-state index is 12.1. The van der Waals surface area contributed by atoms with Crippen LogP contribution in [0, 0.1) is 5.92 Å². The van der Waals surface area contributed by atoms with Crippen molar-refractivity contribution in [3.63, 3.8) is 0 Å². The van der Waals surface area contributed by atoms with Crippen molar-refractivity contribution in [2.24, 2.45) is 5.92 Å². The number of pyridine rings is 1. The molecule has 4 heteroatoms. The molecule has 0 aromatic carbocycles. The van der Waals surface area contributed by atoms with Crippen LogP contribution in [-0.4, -0.2) is 24.0 Å². The van der Waals surface area contributed by atoms with Gasteiger partial charge in [0.05, 0.1) is 5.56 Å². The highest BCUT2D eigenvalue weighted by molar-refractivity contribution is 5.99. The Morgan fingerprint density at radius 3 is 2.94 bits per heavy atom. The van der Waals surface area contributed by atoms with Crippen LogP contribution in [0.25, 0.3) is 0 Å². The van der Waals surface area contributed by atoms with Gasteiger partial charge in [0.15, 0.2) is 0 Å². The van der Waals surface area contributed by atoms with Gasteiger partial charge in [-0.05, 0) is 31.2 Å². The Morgan fingerprint density at radius 1 is 1.47 bits per heavy atom. The summed E-state index contributed by atoms with van der Waals surface area (Å²) in [5.41, 5.74) is 1.44. The molecule has 1 aromatic rings. The van der Waals surface area contributed by atoms with Gasteiger partial charge in [0.2, 0.25) is 0 Å². The van der Waals surface area contributed by atoms with Crippen LogP contribution < -0.4 is 10.6 Å². The molecule has 1 saturated carbocycles. The second-order valence-corrected chi connectivity index (χ2v) is 4.76. The molecule has 2 rings (SSSR count). The third-order valence-corrected chi connectivity index (χ3v) is 3.37. The third kappa shape index (κ3) is 2.75. The molecule has 2 N–H and O–H groups in total. The highest BCUT2D eigenvalue weighted by atomic mass is 16.1. The maximum absolute atomic E-state index is 12.1. The fourth-order valence-corrected chi connectivity index (χ4v) is 2.39. The molecular weight excluding hydrogens is 214 g/mol. The van der Waals surface area contributed by atoms with Gasteiger partial charge in [-0.1, -0.05) is 6.92 Å². The number of anilines is 1. The molecule has 2 atom stereocenters. The summed E-state index contributed by atoms with van der Waals surface area (Å²) in [4.78, 5) is 16.1. The number of rotatable bonds is 3. The van der Waals surface area contributed by atoms with Crippen LogP contribution in [0.2, 0.25) is 0 Å². The molecule has 2 unspecified atom stereocenters. The summed E-state index contributed by atoms with van der Waals surface area (Å²) in [6.45, 7) is 2.23. The average molecular weight is 233 g/mol. The van der Waals surface area contributed by atoms with Crippen molar-refractivity contribution >= 4 is 11.6 Å². The van der Waals surface area contributed by atoms with Gasteiger partial charge in [-0.25, -0.2) is 0 Å². The Kier molecular flexibility index (Phi) is 3.61. The Hall–Kier alpha value is -1.58. The first-order chi connectivity index (χ1) is 8.20. The van der Waals surface area contributed by atoms with Gasteiger partial charge in [0.1, 0.15) is 0 Å². The van der Waals surface area contributed by atoms with E-state index in [1.54, 1.807) is 12.4 Å². The molecule has 0 saturated heterocycles. The lowest BCUT2D eigenvalue weighted by molar-refractivity contribution is 0.0938. The molecule has 0 bridgehead atoms. The van der Waals surface area contributed by atoms with Crippen LogP contribution in [0.3, 0.4) is 0 Å². The molecular formula is C13H19N3O. The van der Waals surface area contributed by atoms with E-state index in [1.165, 1.54) is 6.42 Å². The van der Waals surface area contributed by atoms with E-state index in [1.807, 2.05) is 13.1 Å². The number of carbonyl (C=O) groups is 1. The minimum Gasteiger partial charge on any atom is -0.387 e. The predicted octanol–water partition coefficient (Wildman–Crippen LogP) is 2.04. The minimum atomic E-state index is -0.0263. The minimum absolute atomic E-state index is 0.0263. The number of aromatic nitrogens is 1. The van der Waals surface area contributed by atoms with E-state index in [0.717, 1.165) is 24.4 Å². The molecule has 0 radical (unpaired) electrons. The molecule has 1 amide bonds. The summed E-state index contributed by atoms with van der Waals surface area (Å²) in [7, 11) is 1.81. The van der Waals surface area contributed by atoms with Crippen molar-refractivity contribution in [1.29, 1.82) is 0 Å². The van der Waals surface area contributed by atoms with Gasteiger partial charge in [0.25, 0.3) is 5.91 Å². The highest BCUT2D eigenvalue weighted by Crippen LogP contribution is 2.25. The fraction of sp³-hybridized carbons (Fsp3) is 0.538. The van der Waals surface area contributed by atoms with E-state index < -0.39 is 0 Å². The number of carbonyl (C=O) groups excluding carboxylic acids is 1. The summed E-state index contributed by atoms with van der Waals surface area (Å²) in [5, 5.41) is 6.09. The zero-order valence-electron chi connectivity index (χ0n) is 10.4. The number of hydrogen-bond acceptors (Lipinski definition) is 3. The van der Waals surface area contributed by atoms with Crippen molar-refractivity contribution in [2.45, 2.75) is 32.2 Å². The molecule has 1 aliphatic carbocycles. The third-order valence-electron chi connectivity index (χ3n) is 3.37. The van der Waals surface area contributed by atoms with E-state index in [4.69, 9.17) is 0 Å². The summed E-state index contributed by atoms with van der Waals surface area (Å²) in [5.74, 6) is 0.694. The second-order valence-electron chi connectivity index (χ2n) is 4.76. The van der Waals surface area contributed by atoms with Crippen LogP contribution in [-0.2, 0) is 0 Å². The van der Waals surface area contributed by atoms with Gasteiger partial charge >= 0.3 is 0 Å². The van der Waals surface area contributed by atoms with Crippen molar-refractivity contribution in [3.05, 3.63) is 24.0 Å². The zero-order valence-corrected chi connectivity index (χ0v) is 10.4. The SMILES string of the molecule is CNc1ccncc1C(=O)NC1CCC(C)C1. The van der Waals surface area contributed by atoms with Crippen LogP contribution in [0.4, 0.5) is 5.69 Å². The number of hydrogen-bond donors (Lipinski definition) is 2. The molecule has 1 aliphatic rings. The number of amides is 1. The van der Waals surface area contributed by atoms with Crippen LogP contribution >= 0.6 is 0 Å². The van der Waals surface area contributed by atoms with E-state index in [2.05, 4.69) is 22.5 Å². The average Bonchev–Trinajstić information content (AvgIpc) is 2.74. The standard InChI is InChI=1S/C13H19N3O/c1-9-3-4-10(7-9)16-13(17)11-8-15-6-5-12(11)14-2/h5-6,8-10H,3-4,7H2,1-2H3,(H,14,15)(H,16,17). The molecule has 17 heavy (non-hydrogen) atoms. The fourth-order valence-electron chi connectivity index (χ4n) is 2.39. The van der Waals surface area contributed by atoms with Gasteiger partial charge in [0, 0.05) is 31.2 Å². The largest absolute Gasteiger partial charge is 0.387 e. The Labute approximate surface area is 102 Å². The highest BCUT2D eigenvalue weighted by Gasteiger charge is 2.23. The summed E-state index contributed by atoms with van der Waals surface area (Å²) >= 11 is 0. The van der Waals surface area contributed by atoms with Crippen molar-refractivity contribution in [3.8, 4) is 0 Å². The lowest BCUT2D eigenvalue weighted by Crippen LogP contribution is -2.33. The molecule has 92 valence electrons. The lowest BCUT2D eigenvalue weighted by atomic mass is 10.1. The van der Waals surface area contributed by atoms with Gasteiger partial charge in [-0.2, -0.15) is 0 Å². The Morgan fingerprint density at radius 2 is 2.29 bits per heavy atom. The van der Waals surface area contributed by atoms with E-state index in [9.17, 15) is 4.79 Å². The maximum Gasteiger partial charge on any atom is 0.255 e. The van der Waals surface area contributed by atoms with Gasteiger partial charge in [-0.15, -0.1) is 0 Å². The second kappa shape index (κ2) is 5.17. The first kappa shape index (κ1) is 11.9. The van der Waals surface area contributed by atoms with Crippen molar-refractivity contribution < 1.29 is 4.79 Å². The lowest BCUT2D eigenvalue weighted by Gasteiger charge is -2.14. The van der Waals surface area contributed by atoms with E-state index in [0.29, 0.717) is 11.6 Å². The van der Waals surface area contributed by atoms with Crippen molar-refractivity contribution in [2.75, 3.05) is 12.4 Å². The Bertz CT molecular complexity index is 405. The quantitative estimate of drug-likeness (QED) is 0.840. The summed E-state index contributed by atoms with van der Waals surface area (Å²) < 4.78 is 0.